The van der Waals surface area contributed by atoms with Crippen molar-refractivity contribution in [1.82, 2.24) is 30.1 Å². The minimum absolute atomic E-state index is 0.288. The maximum atomic E-state index is 5.34. The van der Waals surface area contributed by atoms with Crippen LogP contribution in [0.1, 0.15) is 36.9 Å². The molecule has 0 spiro atoms. The third kappa shape index (κ3) is 6.10. The molecule has 0 bridgehead atoms. The van der Waals surface area contributed by atoms with Gasteiger partial charge in [-0.15, -0.1) is 0 Å². The van der Waals surface area contributed by atoms with Crippen molar-refractivity contribution in [2.75, 3.05) is 33.3 Å². The Bertz CT molecular complexity index is 1010. The van der Waals surface area contributed by atoms with Gasteiger partial charge in [0.1, 0.15) is 17.9 Å². The van der Waals surface area contributed by atoms with Crippen LogP contribution in [0, 0.1) is 0 Å². The normalized spacial score (nSPS) is 15.4. The molecule has 8 heteroatoms. The number of methoxy groups -OCH3 is 1. The van der Waals surface area contributed by atoms with Crippen molar-refractivity contribution < 1.29 is 4.74 Å². The first-order valence-corrected chi connectivity index (χ1v) is 11.6. The number of benzene rings is 1. The van der Waals surface area contributed by atoms with E-state index in [1.807, 2.05) is 41.2 Å². The summed E-state index contributed by atoms with van der Waals surface area (Å²) in [5.74, 6) is 2.54. The quantitative estimate of drug-likeness (QED) is 0.387. The molecule has 1 atom stereocenters. The van der Waals surface area contributed by atoms with Crippen molar-refractivity contribution in [3.63, 3.8) is 0 Å². The van der Waals surface area contributed by atoms with Crippen LogP contribution in [-0.4, -0.2) is 58.7 Å². The predicted octanol–water partition coefficient (Wildman–Crippen LogP) is 3.17. The molecular weight excluding hydrogens is 414 g/mol. The van der Waals surface area contributed by atoms with E-state index in [2.05, 4.69) is 44.6 Å². The monoisotopic (exact) mass is 447 g/mol. The van der Waals surface area contributed by atoms with Gasteiger partial charge < -0.3 is 15.4 Å². The number of imidazole rings is 1. The minimum atomic E-state index is 0.288. The van der Waals surface area contributed by atoms with Crippen molar-refractivity contribution in [3.05, 3.63) is 72.4 Å². The van der Waals surface area contributed by atoms with Gasteiger partial charge in [0.25, 0.3) is 0 Å². The molecule has 0 amide bonds. The first kappa shape index (κ1) is 22.8. The van der Waals surface area contributed by atoms with E-state index in [1.54, 1.807) is 19.6 Å². The smallest absolute Gasteiger partial charge is 0.191 e. The second-order valence-corrected chi connectivity index (χ2v) is 8.10. The van der Waals surface area contributed by atoms with Crippen molar-refractivity contribution in [2.45, 2.75) is 32.4 Å². The van der Waals surface area contributed by atoms with Crippen LogP contribution in [0.4, 0.5) is 0 Å². The molecule has 1 aliphatic rings. The van der Waals surface area contributed by atoms with Gasteiger partial charge in [0.05, 0.1) is 19.7 Å². The number of hydrogen-bond donors (Lipinski definition) is 2. The van der Waals surface area contributed by atoms with Crippen LogP contribution in [0.2, 0.25) is 0 Å². The van der Waals surface area contributed by atoms with E-state index < -0.39 is 0 Å². The molecule has 0 aliphatic carbocycles. The minimum Gasteiger partial charge on any atom is -0.497 e. The van der Waals surface area contributed by atoms with Gasteiger partial charge in [-0.05, 0) is 68.2 Å². The fourth-order valence-corrected chi connectivity index (χ4v) is 4.14. The molecule has 0 saturated carbocycles. The summed E-state index contributed by atoms with van der Waals surface area (Å²) >= 11 is 0. The largest absolute Gasteiger partial charge is 0.497 e. The molecule has 1 fully saturated rings. The Morgan fingerprint density at radius 1 is 1.12 bits per heavy atom. The van der Waals surface area contributed by atoms with Crippen molar-refractivity contribution >= 4 is 5.96 Å². The molecule has 33 heavy (non-hydrogen) atoms. The molecule has 1 saturated heterocycles. The number of likely N-dealkylation sites (tertiary alicyclic amines) is 1. The van der Waals surface area contributed by atoms with Crippen LogP contribution in [0.3, 0.4) is 0 Å². The summed E-state index contributed by atoms with van der Waals surface area (Å²) in [7, 11) is 1.70. The third-order valence-corrected chi connectivity index (χ3v) is 5.89. The Morgan fingerprint density at radius 2 is 1.94 bits per heavy atom. The number of hydrogen-bond acceptors (Lipinski definition) is 5. The Kier molecular flexibility index (Phi) is 7.92. The summed E-state index contributed by atoms with van der Waals surface area (Å²) in [6.07, 6.45) is 9.70. The Hall–Kier alpha value is -3.39. The zero-order valence-electron chi connectivity index (χ0n) is 19.4. The zero-order chi connectivity index (χ0) is 22.9. The van der Waals surface area contributed by atoms with E-state index in [4.69, 9.17) is 9.73 Å². The number of aromatic nitrogens is 3. The molecule has 2 N–H and O–H groups in total. The van der Waals surface area contributed by atoms with Crippen LogP contribution < -0.4 is 15.4 Å². The standard InChI is InChI=1S/C25H33N7O/c1-3-27-25(29-17-20-10-11-28-24(16-20)32-15-12-26-19-32)30-18-23(31-13-4-5-14-31)21-6-8-22(33-2)9-7-21/h6-12,15-16,19,23H,3-5,13-14,17-18H2,1-2H3,(H2,27,29,30). The van der Waals surface area contributed by atoms with Gasteiger partial charge in [0.2, 0.25) is 0 Å². The van der Waals surface area contributed by atoms with E-state index in [0.29, 0.717) is 6.54 Å². The zero-order valence-corrected chi connectivity index (χ0v) is 19.4. The highest BCUT2D eigenvalue weighted by atomic mass is 16.5. The topological polar surface area (TPSA) is 79.6 Å². The molecule has 2 aromatic heterocycles. The first-order valence-electron chi connectivity index (χ1n) is 11.6. The number of nitrogens with one attached hydrogen (secondary N) is 2. The van der Waals surface area contributed by atoms with Crippen LogP contribution in [-0.2, 0) is 6.54 Å². The van der Waals surface area contributed by atoms with Gasteiger partial charge in [-0.3, -0.25) is 9.47 Å². The first-order chi connectivity index (χ1) is 16.3. The van der Waals surface area contributed by atoms with Gasteiger partial charge in [0.15, 0.2) is 5.96 Å². The average molecular weight is 448 g/mol. The molecule has 174 valence electrons. The maximum Gasteiger partial charge on any atom is 0.191 e. The highest BCUT2D eigenvalue weighted by Crippen LogP contribution is 2.26. The van der Waals surface area contributed by atoms with Crippen LogP contribution in [0.15, 0.2) is 66.3 Å². The fraction of sp³-hybridized carbons (Fsp3) is 0.400. The lowest BCUT2D eigenvalue weighted by atomic mass is 10.1. The number of nitrogens with zero attached hydrogens (tertiary/aromatic N) is 5. The van der Waals surface area contributed by atoms with E-state index in [-0.39, 0.29) is 6.04 Å². The van der Waals surface area contributed by atoms with Crippen LogP contribution in [0.5, 0.6) is 5.75 Å². The molecular formula is C25H33N7O. The van der Waals surface area contributed by atoms with Gasteiger partial charge in [-0.1, -0.05) is 12.1 Å². The lowest BCUT2D eigenvalue weighted by Crippen LogP contribution is -2.42. The summed E-state index contributed by atoms with van der Waals surface area (Å²) in [6, 6.07) is 12.7. The van der Waals surface area contributed by atoms with E-state index in [0.717, 1.165) is 49.3 Å². The van der Waals surface area contributed by atoms with Crippen LogP contribution in [0.25, 0.3) is 5.82 Å². The summed E-state index contributed by atoms with van der Waals surface area (Å²) < 4.78 is 7.24. The Labute approximate surface area is 195 Å². The number of rotatable bonds is 9. The average Bonchev–Trinajstić information content (AvgIpc) is 3.58. The van der Waals surface area contributed by atoms with E-state index in [1.165, 1.54) is 18.4 Å². The highest BCUT2D eigenvalue weighted by molar-refractivity contribution is 5.79. The van der Waals surface area contributed by atoms with Gasteiger partial charge in [0, 0.05) is 31.7 Å². The lowest BCUT2D eigenvalue weighted by molar-refractivity contribution is 0.245. The maximum absolute atomic E-state index is 5.34. The number of guanidine groups is 1. The molecule has 0 radical (unpaired) electrons. The molecule has 8 nitrogen and oxygen atoms in total. The highest BCUT2D eigenvalue weighted by Gasteiger charge is 2.23. The fourth-order valence-electron chi connectivity index (χ4n) is 4.14. The second-order valence-electron chi connectivity index (χ2n) is 8.10. The van der Waals surface area contributed by atoms with Crippen molar-refractivity contribution in [1.29, 1.82) is 0 Å². The SMILES string of the molecule is CCNC(=NCc1ccnc(-n2ccnc2)c1)NCC(c1ccc(OC)cc1)N1CCCC1. The summed E-state index contributed by atoms with van der Waals surface area (Å²) in [5, 5.41) is 6.95. The summed E-state index contributed by atoms with van der Waals surface area (Å²) in [6.45, 7) is 6.49. The van der Waals surface area contributed by atoms with E-state index >= 15 is 0 Å². The number of aliphatic imine (C=N–C) groups is 1. The summed E-state index contributed by atoms with van der Waals surface area (Å²) in [5.41, 5.74) is 2.39. The molecule has 3 heterocycles. The molecule has 1 unspecified atom stereocenters. The number of pyridine rings is 1. The molecule has 3 aromatic rings. The van der Waals surface area contributed by atoms with Crippen LogP contribution >= 0.6 is 0 Å². The summed E-state index contributed by atoms with van der Waals surface area (Å²) in [4.78, 5) is 15.9. The molecule has 1 aliphatic heterocycles. The number of ether oxygens (including phenoxy) is 1. The second kappa shape index (κ2) is 11.5. The third-order valence-electron chi connectivity index (χ3n) is 5.89. The Balaban J connectivity index is 1.45. The van der Waals surface area contributed by atoms with Gasteiger partial charge in [-0.25, -0.2) is 15.0 Å². The lowest BCUT2D eigenvalue weighted by Gasteiger charge is -2.29. The van der Waals surface area contributed by atoms with Crippen molar-refractivity contribution in [2.24, 2.45) is 4.99 Å². The van der Waals surface area contributed by atoms with Gasteiger partial charge in [-0.2, -0.15) is 0 Å². The van der Waals surface area contributed by atoms with E-state index in [9.17, 15) is 0 Å². The van der Waals surface area contributed by atoms with Gasteiger partial charge >= 0.3 is 0 Å². The molecule has 1 aromatic carbocycles. The molecule has 4 rings (SSSR count). The predicted molar refractivity (Wildman–Crippen MR) is 131 cm³/mol. The Morgan fingerprint density at radius 3 is 2.64 bits per heavy atom. The van der Waals surface area contributed by atoms with Crippen molar-refractivity contribution in [3.8, 4) is 11.6 Å².